The molecule has 198 valence electrons. The molecule has 2 unspecified atom stereocenters. The van der Waals surface area contributed by atoms with Crippen LogP contribution in [0.2, 0.25) is 0 Å². The van der Waals surface area contributed by atoms with Crippen molar-refractivity contribution in [1.82, 2.24) is 4.90 Å². The van der Waals surface area contributed by atoms with E-state index in [1.54, 1.807) is 11.8 Å². The number of piperidine rings is 1. The van der Waals surface area contributed by atoms with Crippen LogP contribution in [0.25, 0.3) is 0 Å². The van der Waals surface area contributed by atoms with Crippen molar-refractivity contribution in [2.45, 2.75) is 81.2 Å². The molecule has 2 aliphatic heterocycles. The summed E-state index contributed by atoms with van der Waals surface area (Å²) in [6.45, 7) is 5.90. The molecular formula is C32H36N2O3S. The Hall–Kier alpha value is -3.25. The highest BCUT2D eigenvalue weighted by Gasteiger charge is 2.44. The fourth-order valence-electron chi connectivity index (χ4n) is 5.70. The number of nitrogens with one attached hydrogen (secondary N) is 1. The van der Waals surface area contributed by atoms with Crippen LogP contribution in [0.5, 0.6) is 5.75 Å². The number of rotatable bonds is 8. The number of hydrogen-bond acceptors (Lipinski definition) is 4. The summed E-state index contributed by atoms with van der Waals surface area (Å²) in [5.74, 6) is 2.30. The van der Waals surface area contributed by atoms with Crippen molar-refractivity contribution < 1.29 is 14.3 Å². The van der Waals surface area contributed by atoms with Gasteiger partial charge in [-0.25, -0.2) is 0 Å². The molecule has 0 aliphatic carbocycles. The highest BCUT2D eigenvalue weighted by molar-refractivity contribution is 7.98. The van der Waals surface area contributed by atoms with Crippen LogP contribution in [0.15, 0.2) is 77.7 Å². The number of anilines is 1. The molecule has 0 radical (unpaired) electrons. The molecule has 38 heavy (non-hydrogen) atoms. The molecule has 5 rings (SSSR count). The van der Waals surface area contributed by atoms with Gasteiger partial charge in [0, 0.05) is 53.7 Å². The molecule has 0 saturated carbocycles. The van der Waals surface area contributed by atoms with Crippen LogP contribution in [-0.4, -0.2) is 34.9 Å². The Morgan fingerprint density at radius 1 is 0.947 bits per heavy atom. The van der Waals surface area contributed by atoms with Gasteiger partial charge in [-0.2, -0.15) is 0 Å². The van der Waals surface area contributed by atoms with Gasteiger partial charge in [0.05, 0.1) is 0 Å². The zero-order chi connectivity index (χ0) is 26.6. The fraction of sp³-hybridized carbons (Fsp3) is 0.375. The molecule has 2 aliphatic rings. The maximum atomic E-state index is 13.5. The van der Waals surface area contributed by atoms with Crippen LogP contribution in [0.1, 0.15) is 73.9 Å². The summed E-state index contributed by atoms with van der Waals surface area (Å²) in [5.41, 5.74) is 3.99. The molecule has 1 N–H and O–H groups in total. The summed E-state index contributed by atoms with van der Waals surface area (Å²) >= 11 is 1.74. The zero-order valence-electron chi connectivity index (χ0n) is 22.4. The Labute approximate surface area is 230 Å². The Kier molecular flexibility index (Phi) is 8.08. The lowest BCUT2D eigenvalue weighted by atomic mass is 9.97. The number of thioether (sulfide) groups is 1. The number of nitrogens with zero attached hydrogens (tertiary/aromatic N) is 1. The Morgan fingerprint density at radius 2 is 1.61 bits per heavy atom. The van der Waals surface area contributed by atoms with Crippen LogP contribution in [0.3, 0.4) is 0 Å². The van der Waals surface area contributed by atoms with E-state index in [2.05, 4.69) is 54.4 Å². The summed E-state index contributed by atoms with van der Waals surface area (Å²) in [4.78, 5) is 28.0. The molecule has 3 aromatic carbocycles. The van der Waals surface area contributed by atoms with E-state index in [1.165, 1.54) is 18.1 Å². The number of carbonyl (C=O) groups is 2. The van der Waals surface area contributed by atoms with Gasteiger partial charge in [-0.15, -0.1) is 11.8 Å². The maximum absolute atomic E-state index is 13.5. The van der Waals surface area contributed by atoms with Crippen molar-refractivity contribution in [3.8, 4) is 5.75 Å². The number of ether oxygens (including phenoxy) is 1. The SMILES string of the molecule is CC(=O)Nc1ccc(SCc2ccc(C(=O)N3C4CCC3CC(Oc3ccccc3C(C)C)C4)cc2)cc1. The van der Waals surface area contributed by atoms with Crippen LogP contribution in [0, 0.1) is 0 Å². The first-order valence-electron chi connectivity index (χ1n) is 13.5. The van der Waals surface area contributed by atoms with Gasteiger partial charge < -0.3 is 15.0 Å². The first-order chi connectivity index (χ1) is 18.4. The van der Waals surface area contributed by atoms with E-state index in [0.717, 1.165) is 53.3 Å². The lowest BCUT2D eigenvalue weighted by Gasteiger charge is -2.39. The summed E-state index contributed by atoms with van der Waals surface area (Å²) < 4.78 is 6.51. The minimum atomic E-state index is -0.0711. The smallest absolute Gasteiger partial charge is 0.254 e. The fourth-order valence-corrected chi connectivity index (χ4v) is 6.55. The predicted molar refractivity (Wildman–Crippen MR) is 154 cm³/mol. The summed E-state index contributed by atoms with van der Waals surface area (Å²) in [5, 5.41) is 2.79. The van der Waals surface area contributed by atoms with E-state index in [-0.39, 0.29) is 30.0 Å². The van der Waals surface area contributed by atoms with Gasteiger partial charge in [-0.3, -0.25) is 9.59 Å². The molecular weight excluding hydrogens is 492 g/mol. The molecule has 3 aromatic rings. The number of fused-ring (bicyclic) bond motifs is 2. The quantitative estimate of drug-likeness (QED) is 0.312. The van der Waals surface area contributed by atoms with Gasteiger partial charge in [-0.05, 0) is 72.4 Å². The molecule has 2 heterocycles. The first-order valence-corrected chi connectivity index (χ1v) is 14.5. The predicted octanol–water partition coefficient (Wildman–Crippen LogP) is 7.28. The van der Waals surface area contributed by atoms with E-state index >= 15 is 0 Å². The van der Waals surface area contributed by atoms with E-state index in [4.69, 9.17) is 4.74 Å². The average Bonchev–Trinajstić information content (AvgIpc) is 3.18. The summed E-state index contributed by atoms with van der Waals surface area (Å²) in [6.07, 6.45) is 4.05. The van der Waals surface area contributed by atoms with Crippen molar-refractivity contribution >= 4 is 29.3 Å². The topological polar surface area (TPSA) is 58.6 Å². The van der Waals surface area contributed by atoms with Gasteiger partial charge in [0.1, 0.15) is 11.9 Å². The Balaban J connectivity index is 1.17. The van der Waals surface area contributed by atoms with Crippen LogP contribution in [0.4, 0.5) is 5.69 Å². The zero-order valence-corrected chi connectivity index (χ0v) is 23.2. The van der Waals surface area contributed by atoms with Gasteiger partial charge in [0.25, 0.3) is 5.91 Å². The van der Waals surface area contributed by atoms with E-state index in [9.17, 15) is 9.59 Å². The summed E-state index contributed by atoms with van der Waals surface area (Å²) in [6, 6.07) is 24.8. The highest BCUT2D eigenvalue weighted by atomic mass is 32.2. The standard InChI is InChI=1S/C32H36N2O3S/c1-21(2)30-6-4-5-7-31(30)37-28-18-26-14-15-27(19-28)34(26)32(36)24-10-8-23(9-11-24)20-38-29-16-12-25(13-17-29)33-22(3)35/h4-13,16-17,21,26-28H,14-15,18-20H2,1-3H3,(H,33,35). The third kappa shape index (κ3) is 6.07. The van der Waals surface area contributed by atoms with E-state index in [0.29, 0.717) is 5.92 Å². The van der Waals surface area contributed by atoms with Crippen LogP contribution >= 0.6 is 11.8 Å². The first kappa shape index (κ1) is 26.4. The van der Waals surface area contributed by atoms with Crippen molar-refractivity contribution in [2.24, 2.45) is 0 Å². The minimum absolute atomic E-state index is 0.0711. The number of carbonyl (C=O) groups excluding carboxylic acids is 2. The molecule has 5 nitrogen and oxygen atoms in total. The number of hydrogen-bond donors (Lipinski definition) is 1. The monoisotopic (exact) mass is 528 g/mol. The van der Waals surface area contributed by atoms with Crippen LogP contribution < -0.4 is 10.1 Å². The molecule has 0 aromatic heterocycles. The average molecular weight is 529 g/mol. The molecule has 2 bridgehead atoms. The third-order valence-electron chi connectivity index (χ3n) is 7.54. The second kappa shape index (κ2) is 11.6. The van der Waals surface area contributed by atoms with Gasteiger partial charge in [0.2, 0.25) is 5.91 Å². The number of amides is 2. The molecule has 2 amide bonds. The van der Waals surface area contributed by atoms with Gasteiger partial charge in [-0.1, -0.05) is 44.2 Å². The van der Waals surface area contributed by atoms with Crippen molar-refractivity contribution in [3.05, 3.63) is 89.5 Å². The highest BCUT2D eigenvalue weighted by Crippen LogP contribution is 2.39. The van der Waals surface area contributed by atoms with Crippen molar-refractivity contribution in [3.63, 3.8) is 0 Å². The molecule has 6 heteroatoms. The Bertz CT molecular complexity index is 1260. The van der Waals surface area contributed by atoms with Crippen molar-refractivity contribution in [2.75, 3.05) is 5.32 Å². The van der Waals surface area contributed by atoms with E-state index in [1.807, 2.05) is 42.5 Å². The maximum Gasteiger partial charge on any atom is 0.254 e. The lowest BCUT2D eigenvalue weighted by molar-refractivity contribution is -0.114. The molecule has 2 fully saturated rings. The largest absolute Gasteiger partial charge is 0.490 e. The lowest BCUT2D eigenvalue weighted by Crippen LogP contribution is -2.49. The van der Waals surface area contributed by atoms with Gasteiger partial charge >= 0.3 is 0 Å². The normalized spacial score (nSPS) is 20.4. The van der Waals surface area contributed by atoms with Gasteiger partial charge in [0.15, 0.2) is 0 Å². The van der Waals surface area contributed by atoms with Crippen molar-refractivity contribution in [1.29, 1.82) is 0 Å². The molecule has 2 atom stereocenters. The third-order valence-corrected chi connectivity index (χ3v) is 8.62. The number of para-hydroxylation sites is 1. The second-order valence-corrected chi connectivity index (χ2v) is 11.7. The number of benzene rings is 3. The molecule has 2 saturated heterocycles. The minimum Gasteiger partial charge on any atom is -0.490 e. The molecule has 0 spiro atoms. The van der Waals surface area contributed by atoms with Crippen LogP contribution in [-0.2, 0) is 10.5 Å². The summed E-state index contributed by atoms with van der Waals surface area (Å²) in [7, 11) is 0. The Morgan fingerprint density at radius 3 is 2.24 bits per heavy atom. The second-order valence-electron chi connectivity index (χ2n) is 10.7. The van der Waals surface area contributed by atoms with E-state index < -0.39 is 0 Å².